The number of rotatable bonds is 5. The highest BCUT2D eigenvalue weighted by Gasteiger charge is 2.19. The largest absolute Gasteiger partial charge is 0.496 e. The van der Waals surface area contributed by atoms with Gasteiger partial charge in [-0.2, -0.15) is 0 Å². The van der Waals surface area contributed by atoms with Crippen LogP contribution in [0.25, 0.3) is 38.7 Å². The van der Waals surface area contributed by atoms with Gasteiger partial charge >= 0.3 is 0 Å². The fourth-order valence-electron chi connectivity index (χ4n) is 4.16. The van der Waals surface area contributed by atoms with Crippen LogP contribution in [0.4, 0.5) is 10.3 Å². The molecule has 2 heterocycles. The number of anilines is 1. The number of aromatic amines is 1. The highest BCUT2D eigenvalue weighted by atomic mass is 19.1. The second-order valence-electron chi connectivity index (χ2n) is 8.03. The predicted octanol–water partition coefficient (Wildman–Crippen LogP) is 6.47. The zero-order chi connectivity index (χ0) is 23.8. The molecule has 0 radical (unpaired) electrons. The van der Waals surface area contributed by atoms with Gasteiger partial charge in [0, 0.05) is 28.2 Å². The average molecular weight is 455 g/mol. The molecule has 5 aromatic rings. The quantitative estimate of drug-likeness (QED) is 0.298. The zero-order valence-corrected chi connectivity index (χ0v) is 18.9. The second kappa shape index (κ2) is 8.51. The number of para-hydroxylation sites is 2. The molecule has 0 aliphatic heterocycles. The molecule has 2 N–H and O–H groups in total. The van der Waals surface area contributed by atoms with Crippen molar-refractivity contribution in [3.63, 3.8) is 0 Å². The minimum atomic E-state index is -0.317. The van der Waals surface area contributed by atoms with Crippen LogP contribution in [0.5, 0.6) is 5.75 Å². The van der Waals surface area contributed by atoms with Gasteiger partial charge in [0.1, 0.15) is 17.1 Å². The number of carbonyl (C=O) groups excluding carboxylic acids is 1. The molecule has 0 saturated carbocycles. The third-order valence-electron chi connectivity index (χ3n) is 5.81. The van der Waals surface area contributed by atoms with E-state index in [4.69, 9.17) is 9.15 Å². The molecule has 0 unspecified atom stereocenters. The molecule has 5 rings (SSSR count). The number of carbonyl (C=O) groups is 1. The van der Waals surface area contributed by atoms with Gasteiger partial charge in [-0.3, -0.25) is 10.1 Å². The Morgan fingerprint density at radius 3 is 2.68 bits per heavy atom. The summed E-state index contributed by atoms with van der Waals surface area (Å²) >= 11 is 0. The fraction of sp³-hybridized carbons (Fsp3) is 0.111. The maximum Gasteiger partial charge on any atom is 0.250 e. The van der Waals surface area contributed by atoms with E-state index in [1.54, 1.807) is 25.5 Å². The van der Waals surface area contributed by atoms with Crippen molar-refractivity contribution >= 4 is 39.4 Å². The summed E-state index contributed by atoms with van der Waals surface area (Å²) in [6.45, 7) is 3.75. The van der Waals surface area contributed by atoms with Gasteiger partial charge in [-0.1, -0.05) is 24.3 Å². The number of nitrogens with one attached hydrogen (secondary N) is 2. The number of imidazole rings is 1. The Labute approximate surface area is 195 Å². The number of H-pyrrole nitrogens is 1. The second-order valence-corrected chi connectivity index (χ2v) is 8.03. The lowest BCUT2D eigenvalue weighted by atomic mass is 9.96. The van der Waals surface area contributed by atoms with E-state index in [-0.39, 0.29) is 11.7 Å². The summed E-state index contributed by atoms with van der Waals surface area (Å²) in [7, 11) is 1.59. The van der Waals surface area contributed by atoms with Crippen LogP contribution in [0.3, 0.4) is 0 Å². The lowest BCUT2D eigenvalue weighted by Crippen LogP contribution is -2.10. The SMILES string of the molecule is COc1c(/C(C)=C/C(=O)Nc2nc3ccccc3[nH]2)cc2c(-c3ccc(F)cc3)coc2c1C. The minimum absolute atomic E-state index is 0.302. The molecule has 170 valence electrons. The van der Waals surface area contributed by atoms with E-state index in [0.29, 0.717) is 22.9 Å². The van der Waals surface area contributed by atoms with Crippen molar-refractivity contribution in [1.29, 1.82) is 0 Å². The number of benzene rings is 3. The fourth-order valence-corrected chi connectivity index (χ4v) is 4.16. The molecule has 0 aliphatic rings. The van der Waals surface area contributed by atoms with Gasteiger partial charge in [0.2, 0.25) is 5.95 Å². The molecular weight excluding hydrogens is 433 g/mol. The van der Waals surface area contributed by atoms with Gasteiger partial charge in [-0.15, -0.1) is 0 Å². The zero-order valence-electron chi connectivity index (χ0n) is 18.9. The first-order valence-corrected chi connectivity index (χ1v) is 10.7. The number of methoxy groups -OCH3 is 1. The molecule has 0 bridgehead atoms. The van der Waals surface area contributed by atoms with E-state index in [1.807, 2.05) is 44.2 Å². The molecule has 3 aromatic carbocycles. The lowest BCUT2D eigenvalue weighted by molar-refractivity contribution is -0.111. The molecular formula is C27H22FN3O3. The number of halogens is 1. The van der Waals surface area contributed by atoms with Crippen molar-refractivity contribution in [1.82, 2.24) is 9.97 Å². The van der Waals surface area contributed by atoms with Crippen LogP contribution in [-0.4, -0.2) is 23.0 Å². The lowest BCUT2D eigenvalue weighted by Gasteiger charge is -2.13. The molecule has 6 nitrogen and oxygen atoms in total. The van der Waals surface area contributed by atoms with Crippen LogP contribution < -0.4 is 10.1 Å². The normalized spacial score (nSPS) is 11.8. The van der Waals surface area contributed by atoms with E-state index in [0.717, 1.165) is 38.7 Å². The van der Waals surface area contributed by atoms with Crippen LogP contribution in [0.1, 0.15) is 18.1 Å². The molecule has 2 aromatic heterocycles. The first kappa shape index (κ1) is 21.5. The molecule has 0 saturated heterocycles. The van der Waals surface area contributed by atoms with Crippen molar-refractivity contribution in [2.24, 2.45) is 0 Å². The van der Waals surface area contributed by atoms with Gasteiger partial charge in [0.15, 0.2) is 0 Å². The molecule has 1 amide bonds. The number of hydrogen-bond acceptors (Lipinski definition) is 4. The van der Waals surface area contributed by atoms with Crippen LogP contribution in [-0.2, 0) is 4.79 Å². The Morgan fingerprint density at radius 2 is 1.94 bits per heavy atom. The van der Waals surface area contributed by atoms with Crippen LogP contribution in [0.2, 0.25) is 0 Å². The average Bonchev–Trinajstić information content (AvgIpc) is 3.43. The van der Waals surface area contributed by atoms with Gasteiger partial charge in [0.05, 0.1) is 24.4 Å². The highest BCUT2D eigenvalue weighted by molar-refractivity contribution is 6.05. The van der Waals surface area contributed by atoms with Gasteiger partial charge in [-0.05, 0) is 55.3 Å². The third kappa shape index (κ3) is 3.81. The molecule has 0 spiro atoms. The van der Waals surface area contributed by atoms with E-state index in [2.05, 4.69) is 15.3 Å². The van der Waals surface area contributed by atoms with E-state index >= 15 is 0 Å². The molecule has 0 aliphatic carbocycles. The summed E-state index contributed by atoms with van der Waals surface area (Å²) in [6, 6.07) is 15.7. The Bertz CT molecular complexity index is 1530. The number of aromatic nitrogens is 2. The Morgan fingerprint density at radius 1 is 1.18 bits per heavy atom. The summed E-state index contributed by atoms with van der Waals surface area (Å²) in [5, 5.41) is 3.63. The first-order chi connectivity index (χ1) is 16.4. The Balaban J connectivity index is 1.53. The maximum atomic E-state index is 13.4. The number of furan rings is 1. The van der Waals surface area contributed by atoms with E-state index < -0.39 is 0 Å². The number of amides is 1. The van der Waals surface area contributed by atoms with Gasteiger partial charge < -0.3 is 14.1 Å². The number of aryl methyl sites for hydroxylation is 1. The minimum Gasteiger partial charge on any atom is -0.496 e. The molecule has 7 heteroatoms. The topological polar surface area (TPSA) is 80.1 Å². The Kier molecular flexibility index (Phi) is 5.37. The van der Waals surface area contributed by atoms with Gasteiger partial charge in [0.25, 0.3) is 5.91 Å². The first-order valence-electron chi connectivity index (χ1n) is 10.7. The summed E-state index contributed by atoms with van der Waals surface area (Å²) in [5.41, 5.74) is 6.25. The smallest absolute Gasteiger partial charge is 0.250 e. The van der Waals surface area contributed by atoms with Crippen LogP contribution in [0.15, 0.2) is 71.4 Å². The maximum absolute atomic E-state index is 13.4. The van der Waals surface area contributed by atoms with Crippen molar-refractivity contribution < 1.29 is 18.3 Å². The van der Waals surface area contributed by atoms with Crippen molar-refractivity contribution in [2.45, 2.75) is 13.8 Å². The monoisotopic (exact) mass is 455 g/mol. The van der Waals surface area contributed by atoms with Crippen molar-refractivity contribution in [3.05, 3.63) is 83.9 Å². The molecule has 0 atom stereocenters. The summed E-state index contributed by atoms with van der Waals surface area (Å²) in [6.07, 6.45) is 3.16. The van der Waals surface area contributed by atoms with Crippen LogP contribution in [0, 0.1) is 12.7 Å². The van der Waals surface area contributed by atoms with Crippen molar-refractivity contribution in [3.8, 4) is 16.9 Å². The number of hydrogen-bond donors (Lipinski definition) is 2. The highest BCUT2D eigenvalue weighted by Crippen LogP contribution is 2.40. The number of ether oxygens (including phenoxy) is 1. The summed E-state index contributed by atoms with van der Waals surface area (Å²) in [5.74, 6) is 0.381. The summed E-state index contributed by atoms with van der Waals surface area (Å²) in [4.78, 5) is 20.2. The number of nitrogens with zero attached hydrogens (tertiary/aromatic N) is 1. The standard InChI is InChI=1S/C27H22FN3O3/c1-15(12-24(32)31-27-29-22-6-4-5-7-23(22)30-27)19-13-20-21(17-8-10-18(28)11-9-17)14-34-26(20)16(2)25(19)33-3/h4-14H,1-3H3,(H2,29,30,31,32)/b15-12+. The van der Waals surface area contributed by atoms with E-state index in [1.165, 1.54) is 18.2 Å². The third-order valence-corrected chi connectivity index (χ3v) is 5.81. The molecule has 0 fully saturated rings. The van der Waals surface area contributed by atoms with E-state index in [9.17, 15) is 9.18 Å². The predicted molar refractivity (Wildman–Crippen MR) is 131 cm³/mol. The summed E-state index contributed by atoms with van der Waals surface area (Å²) < 4.78 is 24.9. The number of fused-ring (bicyclic) bond motifs is 2. The number of allylic oxidation sites excluding steroid dienone is 1. The van der Waals surface area contributed by atoms with Gasteiger partial charge in [-0.25, -0.2) is 9.37 Å². The molecule has 34 heavy (non-hydrogen) atoms. The Hall–Kier alpha value is -4.39. The van der Waals surface area contributed by atoms with Crippen LogP contribution >= 0.6 is 0 Å². The van der Waals surface area contributed by atoms with Crippen molar-refractivity contribution in [2.75, 3.05) is 12.4 Å².